The predicted molar refractivity (Wildman–Crippen MR) is 148 cm³/mol. The molecule has 0 saturated carbocycles. The van der Waals surface area contributed by atoms with E-state index in [9.17, 15) is 4.79 Å². The summed E-state index contributed by atoms with van der Waals surface area (Å²) in [5.41, 5.74) is -0.436. The van der Waals surface area contributed by atoms with Crippen LogP contribution in [-0.4, -0.2) is 76.7 Å². The van der Waals surface area contributed by atoms with E-state index in [1.54, 1.807) is 11.3 Å². The molecular formula is C27H44N4O2S2. The van der Waals surface area contributed by atoms with Crippen molar-refractivity contribution >= 4 is 28.8 Å². The molecule has 0 radical (unpaired) electrons. The molecule has 1 amide bonds. The Bertz CT molecular complexity index is 882. The van der Waals surface area contributed by atoms with Gasteiger partial charge < -0.3 is 15.0 Å². The zero-order valence-corrected chi connectivity index (χ0v) is 24.1. The van der Waals surface area contributed by atoms with E-state index in [1.807, 2.05) is 37.0 Å². The summed E-state index contributed by atoms with van der Waals surface area (Å²) in [6.45, 7) is 20.5. The van der Waals surface area contributed by atoms with Gasteiger partial charge in [-0.05, 0) is 71.4 Å². The number of nitrogens with one attached hydrogen (secondary N) is 1. The van der Waals surface area contributed by atoms with Crippen molar-refractivity contribution in [1.82, 2.24) is 20.0 Å². The number of thiophene rings is 2. The molecule has 0 aromatic carbocycles. The summed E-state index contributed by atoms with van der Waals surface area (Å²) in [7, 11) is 0. The second-order valence-electron chi connectivity index (χ2n) is 11.0. The summed E-state index contributed by atoms with van der Waals surface area (Å²) in [6.07, 6.45) is -0.197. The standard InChI is InChI=1S/C16H26N2O2S.C11H18N2S/c1-12-10-18(15(19)20-16(3,4)5)13(2)9-17(12)11-14-7-6-8-21-14;1-9-7-13(10(2)6-12-9)8-11-4-3-5-14-11/h6-8,12-13H,9-11H2,1-5H3;3-5,9-10,12H,6-8H2,1-2H3/t12-,13+;9-,10+/m01/s1. The van der Waals surface area contributed by atoms with Crippen molar-refractivity contribution in [3.05, 3.63) is 44.8 Å². The SMILES string of the molecule is C[C@@H]1CN(Cc2cccs2)[C@@H](C)CN1.C[C@@H]1CN(Cc2cccs2)[C@@H](C)CN1C(=O)OC(C)(C)C. The number of ether oxygens (including phenoxy) is 1. The molecule has 0 spiro atoms. The number of piperazine rings is 2. The van der Waals surface area contributed by atoms with Gasteiger partial charge in [0.2, 0.25) is 0 Å². The highest BCUT2D eigenvalue weighted by Gasteiger charge is 2.34. The first-order valence-electron chi connectivity index (χ1n) is 12.8. The minimum absolute atomic E-state index is 0.177. The van der Waals surface area contributed by atoms with Crippen LogP contribution in [0.5, 0.6) is 0 Å². The van der Waals surface area contributed by atoms with Gasteiger partial charge in [0.15, 0.2) is 0 Å². The molecule has 6 nitrogen and oxygen atoms in total. The highest BCUT2D eigenvalue weighted by molar-refractivity contribution is 7.10. The second-order valence-corrected chi connectivity index (χ2v) is 13.1. The number of amides is 1. The average Bonchev–Trinajstić information content (AvgIpc) is 3.47. The van der Waals surface area contributed by atoms with Gasteiger partial charge in [-0.1, -0.05) is 12.1 Å². The normalized spacial score (nSPS) is 26.2. The first kappa shape index (κ1) is 28.1. The van der Waals surface area contributed by atoms with E-state index in [0.29, 0.717) is 18.1 Å². The molecule has 196 valence electrons. The van der Waals surface area contributed by atoms with Crippen LogP contribution in [0.4, 0.5) is 4.79 Å². The van der Waals surface area contributed by atoms with Crippen molar-refractivity contribution in [2.75, 3.05) is 26.2 Å². The fraction of sp³-hybridized carbons (Fsp3) is 0.667. The zero-order valence-electron chi connectivity index (χ0n) is 22.5. The number of hydrogen-bond donors (Lipinski definition) is 1. The van der Waals surface area contributed by atoms with Gasteiger partial charge in [0, 0.05) is 73.2 Å². The van der Waals surface area contributed by atoms with Crippen LogP contribution in [0.15, 0.2) is 35.0 Å². The largest absolute Gasteiger partial charge is 0.444 e. The van der Waals surface area contributed by atoms with E-state index in [2.05, 4.69) is 77.8 Å². The van der Waals surface area contributed by atoms with E-state index in [0.717, 1.165) is 32.7 Å². The summed E-state index contributed by atoms with van der Waals surface area (Å²) >= 11 is 3.65. The fourth-order valence-electron chi connectivity index (χ4n) is 4.52. The van der Waals surface area contributed by atoms with Crippen LogP contribution in [0.3, 0.4) is 0 Å². The third kappa shape index (κ3) is 8.86. The minimum Gasteiger partial charge on any atom is -0.444 e. The molecule has 2 fully saturated rings. The van der Waals surface area contributed by atoms with Gasteiger partial charge in [-0.25, -0.2) is 4.79 Å². The molecule has 0 aliphatic carbocycles. The summed E-state index contributed by atoms with van der Waals surface area (Å²) in [4.78, 5) is 22.0. The summed E-state index contributed by atoms with van der Waals surface area (Å²) in [6, 6.07) is 10.4. The van der Waals surface area contributed by atoms with Gasteiger partial charge >= 0.3 is 6.09 Å². The third-order valence-corrected chi connectivity index (χ3v) is 8.24. The van der Waals surface area contributed by atoms with Gasteiger partial charge in [0.25, 0.3) is 0 Å². The topological polar surface area (TPSA) is 48.0 Å². The van der Waals surface area contributed by atoms with Crippen LogP contribution in [0, 0.1) is 0 Å². The lowest BCUT2D eigenvalue weighted by atomic mass is 10.1. The highest BCUT2D eigenvalue weighted by Crippen LogP contribution is 2.22. The van der Waals surface area contributed by atoms with Crippen LogP contribution < -0.4 is 5.32 Å². The lowest BCUT2D eigenvalue weighted by molar-refractivity contribution is -0.0115. The summed E-state index contributed by atoms with van der Waals surface area (Å²) in [5, 5.41) is 7.77. The van der Waals surface area contributed by atoms with Gasteiger partial charge in [-0.2, -0.15) is 0 Å². The molecule has 2 aromatic heterocycles. The second kappa shape index (κ2) is 12.7. The molecule has 2 saturated heterocycles. The van der Waals surface area contributed by atoms with Gasteiger partial charge in [-0.3, -0.25) is 9.80 Å². The van der Waals surface area contributed by atoms with Gasteiger partial charge in [0.05, 0.1) is 0 Å². The smallest absolute Gasteiger partial charge is 0.410 e. The van der Waals surface area contributed by atoms with E-state index in [4.69, 9.17) is 4.74 Å². The maximum atomic E-state index is 12.3. The van der Waals surface area contributed by atoms with Gasteiger partial charge in [0.1, 0.15) is 5.60 Å². The number of hydrogen-bond acceptors (Lipinski definition) is 7. The molecule has 2 aliphatic heterocycles. The quantitative estimate of drug-likeness (QED) is 0.576. The maximum absolute atomic E-state index is 12.3. The Morgan fingerprint density at radius 1 is 0.914 bits per heavy atom. The first-order chi connectivity index (χ1) is 16.5. The molecule has 2 aliphatic rings. The third-order valence-electron chi connectivity index (χ3n) is 6.51. The van der Waals surface area contributed by atoms with Crippen LogP contribution >= 0.6 is 22.7 Å². The van der Waals surface area contributed by atoms with Crippen LogP contribution in [-0.2, 0) is 17.8 Å². The molecule has 4 heterocycles. The van der Waals surface area contributed by atoms with E-state index >= 15 is 0 Å². The summed E-state index contributed by atoms with van der Waals surface area (Å²) < 4.78 is 5.51. The highest BCUT2D eigenvalue weighted by atomic mass is 32.1. The molecule has 35 heavy (non-hydrogen) atoms. The van der Waals surface area contributed by atoms with E-state index in [1.165, 1.54) is 16.3 Å². The van der Waals surface area contributed by atoms with Crippen molar-refractivity contribution in [2.24, 2.45) is 0 Å². The zero-order chi connectivity index (χ0) is 25.6. The van der Waals surface area contributed by atoms with Crippen molar-refractivity contribution in [1.29, 1.82) is 0 Å². The lowest BCUT2D eigenvalue weighted by Crippen LogP contribution is -2.58. The molecule has 8 heteroatoms. The molecule has 4 atom stereocenters. The predicted octanol–water partition coefficient (Wildman–Crippen LogP) is 5.51. The van der Waals surface area contributed by atoms with Crippen molar-refractivity contribution < 1.29 is 9.53 Å². The molecule has 1 N–H and O–H groups in total. The number of carbonyl (C=O) groups is 1. The van der Waals surface area contributed by atoms with Crippen LogP contribution in [0.1, 0.15) is 58.2 Å². The molecule has 2 aromatic rings. The van der Waals surface area contributed by atoms with E-state index < -0.39 is 5.60 Å². The Morgan fingerprint density at radius 2 is 1.49 bits per heavy atom. The van der Waals surface area contributed by atoms with E-state index in [-0.39, 0.29) is 12.1 Å². The lowest BCUT2D eigenvalue weighted by Gasteiger charge is -2.44. The Morgan fingerprint density at radius 3 is 2.00 bits per heavy atom. The number of carbonyl (C=O) groups excluding carboxylic acids is 1. The maximum Gasteiger partial charge on any atom is 0.410 e. The minimum atomic E-state index is -0.436. The Kier molecular flexibility index (Phi) is 10.2. The summed E-state index contributed by atoms with van der Waals surface area (Å²) in [5.74, 6) is 0. The first-order valence-corrected chi connectivity index (χ1v) is 14.5. The Balaban J connectivity index is 0.000000211. The molecule has 0 unspecified atom stereocenters. The van der Waals surface area contributed by atoms with Gasteiger partial charge in [-0.15, -0.1) is 22.7 Å². The van der Waals surface area contributed by atoms with Crippen molar-refractivity contribution in [3.8, 4) is 0 Å². The van der Waals surface area contributed by atoms with Crippen molar-refractivity contribution in [2.45, 2.75) is 91.3 Å². The molecule has 0 bridgehead atoms. The van der Waals surface area contributed by atoms with Crippen LogP contribution in [0.25, 0.3) is 0 Å². The average molecular weight is 521 g/mol. The fourth-order valence-corrected chi connectivity index (χ4v) is 5.98. The van der Waals surface area contributed by atoms with Crippen molar-refractivity contribution in [3.63, 3.8) is 0 Å². The van der Waals surface area contributed by atoms with Crippen LogP contribution in [0.2, 0.25) is 0 Å². The number of nitrogens with zero attached hydrogens (tertiary/aromatic N) is 3. The Hall–Kier alpha value is -1.45. The number of rotatable bonds is 4. The molecule has 4 rings (SSSR count). The monoisotopic (exact) mass is 520 g/mol. The molecular weight excluding hydrogens is 476 g/mol. The Labute approximate surface area is 220 Å².